The molecule has 0 unspecified atom stereocenters. The number of nitrogens with one attached hydrogen (secondary N) is 1. The highest BCUT2D eigenvalue weighted by molar-refractivity contribution is 7.99. The summed E-state index contributed by atoms with van der Waals surface area (Å²) in [4.78, 5) is 20.0. The van der Waals surface area contributed by atoms with Crippen LogP contribution in [-0.2, 0) is 17.5 Å². The number of halogens is 3. The minimum Gasteiger partial charge on any atom is -0.454 e. The van der Waals surface area contributed by atoms with Crippen LogP contribution in [0.4, 0.5) is 13.2 Å². The fraction of sp³-hybridized carbons (Fsp3) is 0.190. The molecular formula is C21H16F3N3O3S. The molecule has 2 aromatic carbocycles. The lowest BCUT2D eigenvalue weighted by molar-refractivity contribution is -0.141. The van der Waals surface area contributed by atoms with Crippen LogP contribution in [-0.4, -0.2) is 28.4 Å². The Balaban J connectivity index is 1.41. The molecule has 0 bridgehead atoms. The number of alkyl halides is 3. The SMILES string of the molecule is O=C(CSc1nc(-c2ccccc2)cc(C(F)(F)F)n1)NCc1ccc2c(c1)OCO2. The van der Waals surface area contributed by atoms with Gasteiger partial charge in [0.1, 0.15) is 5.69 Å². The molecule has 2 heterocycles. The van der Waals surface area contributed by atoms with Crippen LogP contribution in [0.2, 0.25) is 0 Å². The van der Waals surface area contributed by atoms with Gasteiger partial charge >= 0.3 is 6.18 Å². The first-order valence-electron chi connectivity index (χ1n) is 9.18. The summed E-state index contributed by atoms with van der Waals surface area (Å²) in [6, 6.07) is 14.7. The van der Waals surface area contributed by atoms with Crippen molar-refractivity contribution in [2.45, 2.75) is 17.9 Å². The van der Waals surface area contributed by atoms with Crippen LogP contribution in [0.3, 0.4) is 0 Å². The second-order valence-electron chi connectivity index (χ2n) is 6.54. The van der Waals surface area contributed by atoms with Gasteiger partial charge in [-0.3, -0.25) is 4.79 Å². The average molecular weight is 447 g/mol. The Kier molecular flexibility index (Phi) is 5.99. The Bertz CT molecular complexity index is 1090. The van der Waals surface area contributed by atoms with Crippen LogP contribution in [0.5, 0.6) is 11.5 Å². The van der Waals surface area contributed by atoms with E-state index in [1.54, 1.807) is 48.5 Å². The van der Waals surface area contributed by atoms with Gasteiger partial charge in [-0.05, 0) is 23.8 Å². The van der Waals surface area contributed by atoms with E-state index in [2.05, 4.69) is 15.3 Å². The molecule has 6 nitrogen and oxygen atoms in total. The number of nitrogens with zero attached hydrogens (tertiary/aromatic N) is 2. The quantitative estimate of drug-likeness (QED) is 0.449. The van der Waals surface area contributed by atoms with Gasteiger partial charge in [-0.1, -0.05) is 48.2 Å². The highest BCUT2D eigenvalue weighted by Gasteiger charge is 2.34. The smallest absolute Gasteiger partial charge is 0.433 e. The zero-order valence-corrected chi connectivity index (χ0v) is 16.8. The minimum absolute atomic E-state index is 0.119. The molecule has 1 amide bonds. The Labute approximate surface area is 179 Å². The first-order valence-corrected chi connectivity index (χ1v) is 10.2. The summed E-state index contributed by atoms with van der Waals surface area (Å²) in [6.45, 7) is 0.401. The van der Waals surface area contributed by atoms with Crippen molar-refractivity contribution in [3.63, 3.8) is 0 Å². The molecule has 160 valence electrons. The molecular weight excluding hydrogens is 431 g/mol. The lowest BCUT2D eigenvalue weighted by Crippen LogP contribution is -2.24. The predicted octanol–water partition coefficient (Wildman–Crippen LogP) is 4.30. The summed E-state index contributed by atoms with van der Waals surface area (Å²) in [5.74, 6) is 0.763. The average Bonchev–Trinajstić information content (AvgIpc) is 3.24. The van der Waals surface area contributed by atoms with E-state index in [9.17, 15) is 18.0 Å². The van der Waals surface area contributed by atoms with Crippen molar-refractivity contribution in [2.75, 3.05) is 12.5 Å². The summed E-state index contributed by atoms with van der Waals surface area (Å²) < 4.78 is 50.3. The van der Waals surface area contributed by atoms with Gasteiger partial charge in [-0.25, -0.2) is 9.97 Å². The number of hydrogen-bond donors (Lipinski definition) is 1. The molecule has 1 aliphatic rings. The van der Waals surface area contributed by atoms with Crippen molar-refractivity contribution in [3.8, 4) is 22.8 Å². The van der Waals surface area contributed by atoms with Gasteiger partial charge in [0.15, 0.2) is 16.7 Å². The number of benzene rings is 2. The van der Waals surface area contributed by atoms with E-state index >= 15 is 0 Å². The van der Waals surface area contributed by atoms with Gasteiger partial charge in [0.25, 0.3) is 0 Å². The Morgan fingerprint density at radius 3 is 2.58 bits per heavy atom. The third-order valence-corrected chi connectivity index (χ3v) is 5.17. The van der Waals surface area contributed by atoms with E-state index in [4.69, 9.17) is 9.47 Å². The second-order valence-corrected chi connectivity index (χ2v) is 7.48. The molecule has 4 rings (SSSR count). The summed E-state index contributed by atoms with van der Waals surface area (Å²) in [6.07, 6.45) is -4.62. The molecule has 0 fully saturated rings. The molecule has 0 aliphatic carbocycles. The number of aromatic nitrogens is 2. The highest BCUT2D eigenvalue weighted by atomic mass is 32.2. The normalized spacial score (nSPS) is 12.6. The second kappa shape index (κ2) is 8.84. The zero-order chi connectivity index (χ0) is 21.8. The van der Waals surface area contributed by atoms with E-state index in [1.807, 2.05) is 0 Å². The Morgan fingerprint density at radius 1 is 1.03 bits per heavy atom. The van der Waals surface area contributed by atoms with Crippen LogP contribution >= 0.6 is 11.8 Å². The maximum Gasteiger partial charge on any atom is 0.433 e. The van der Waals surface area contributed by atoms with Crippen LogP contribution in [0.1, 0.15) is 11.3 Å². The van der Waals surface area contributed by atoms with Crippen molar-refractivity contribution in [2.24, 2.45) is 0 Å². The number of carbonyl (C=O) groups excluding carboxylic acids is 1. The van der Waals surface area contributed by atoms with E-state index in [0.29, 0.717) is 17.1 Å². The van der Waals surface area contributed by atoms with Crippen LogP contribution < -0.4 is 14.8 Å². The Hall–Kier alpha value is -3.27. The molecule has 1 aliphatic heterocycles. The lowest BCUT2D eigenvalue weighted by Gasteiger charge is -2.11. The molecule has 3 aromatic rings. The van der Waals surface area contributed by atoms with E-state index in [1.165, 1.54) is 0 Å². The van der Waals surface area contributed by atoms with Gasteiger partial charge in [0, 0.05) is 12.1 Å². The summed E-state index contributed by atoms with van der Waals surface area (Å²) in [5.41, 5.74) is 0.435. The molecule has 0 saturated heterocycles. The van der Waals surface area contributed by atoms with Crippen LogP contribution in [0.25, 0.3) is 11.3 Å². The molecule has 0 atom stereocenters. The fourth-order valence-electron chi connectivity index (χ4n) is 2.82. The summed E-state index contributed by atoms with van der Waals surface area (Å²) in [5, 5.41) is 2.60. The molecule has 31 heavy (non-hydrogen) atoms. The molecule has 10 heteroatoms. The van der Waals surface area contributed by atoms with Gasteiger partial charge in [-0.15, -0.1) is 0 Å². The molecule has 0 saturated carbocycles. The number of fused-ring (bicyclic) bond motifs is 1. The first kappa shape index (κ1) is 21.0. The van der Waals surface area contributed by atoms with Crippen molar-refractivity contribution in [3.05, 3.63) is 65.9 Å². The zero-order valence-electron chi connectivity index (χ0n) is 16.0. The van der Waals surface area contributed by atoms with Gasteiger partial charge in [0.2, 0.25) is 12.7 Å². The van der Waals surface area contributed by atoms with Crippen molar-refractivity contribution in [1.82, 2.24) is 15.3 Å². The van der Waals surface area contributed by atoms with Gasteiger partial charge < -0.3 is 14.8 Å². The van der Waals surface area contributed by atoms with Crippen LogP contribution in [0.15, 0.2) is 59.8 Å². The first-order chi connectivity index (χ1) is 14.9. The number of amides is 1. The van der Waals surface area contributed by atoms with Gasteiger partial charge in [0.05, 0.1) is 11.4 Å². The topological polar surface area (TPSA) is 73.3 Å². The third kappa shape index (κ3) is 5.26. The molecule has 0 radical (unpaired) electrons. The number of carbonyl (C=O) groups is 1. The van der Waals surface area contributed by atoms with E-state index < -0.39 is 11.9 Å². The number of hydrogen-bond acceptors (Lipinski definition) is 6. The molecule has 1 aromatic heterocycles. The largest absolute Gasteiger partial charge is 0.454 e. The standard InChI is InChI=1S/C21H16F3N3O3S/c22-21(23,24)18-9-15(14-4-2-1-3-5-14)26-20(27-18)31-11-19(28)25-10-13-6-7-16-17(8-13)30-12-29-16/h1-9H,10-12H2,(H,25,28). The highest BCUT2D eigenvalue weighted by Crippen LogP contribution is 2.33. The lowest BCUT2D eigenvalue weighted by atomic mass is 10.1. The van der Waals surface area contributed by atoms with Crippen molar-refractivity contribution < 1.29 is 27.4 Å². The third-order valence-electron chi connectivity index (χ3n) is 4.32. The maximum atomic E-state index is 13.3. The van der Waals surface area contributed by atoms with E-state index in [0.717, 1.165) is 23.4 Å². The Morgan fingerprint density at radius 2 is 1.81 bits per heavy atom. The van der Waals surface area contributed by atoms with Gasteiger partial charge in [-0.2, -0.15) is 13.2 Å². The summed E-state index contributed by atoms with van der Waals surface area (Å²) >= 11 is 0.844. The number of thioether (sulfide) groups is 1. The van der Waals surface area contributed by atoms with Crippen molar-refractivity contribution in [1.29, 1.82) is 0 Å². The molecule has 0 spiro atoms. The van der Waals surface area contributed by atoms with E-state index in [-0.39, 0.29) is 35.8 Å². The maximum absolute atomic E-state index is 13.3. The minimum atomic E-state index is -4.62. The number of rotatable bonds is 6. The monoisotopic (exact) mass is 447 g/mol. The van der Waals surface area contributed by atoms with Crippen LogP contribution in [0, 0.1) is 0 Å². The van der Waals surface area contributed by atoms with Crippen molar-refractivity contribution >= 4 is 17.7 Å². The molecule has 1 N–H and O–H groups in total. The predicted molar refractivity (Wildman–Crippen MR) is 108 cm³/mol. The number of ether oxygens (including phenoxy) is 2. The fourth-order valence-corrected chi connectivity index (χ4v) is 3.51. The summed E-state index contributed by atoms with van der Waals surface area (Å²) in [7, 11) is 0.